The van der Waals surface area contributed by atoms with Crippen LogP contribution in [0.2, 0.25) is 0 Å². The molecular weight excluding hydrogens is 258 g/mol. The van der Waals surface area contributed by atoms with E-state index in [0.29, 0.717) is 18.7 Å². The van der Waals surface area contributed by atoms with Crippen LogP contribution in [-0.2, 0) is 4.79 Å². The Morgan fingerprint density at radius 2 is 2.15 bits per heavy atom. The second-order valence-corrected chi connectivity index (χ2v) is 5.14. The molecule has 2 rings (SSSR count). The number of pyridine rings is 1. The van der Waals surface area contributed by atoms with Gasteiger partial charge in [0.1, 0.15) is 0 Å². The smallest absolute Gasteiger partial charge is 0.321 e. The number of aryl methyl sites for hydroxylation is 2. The molecule has 0 aliphatic carbocycles. The number of hydrogen-bond acceptors (Lipinski definition) is 3. The Labute approximate surface area is 117 Å². The summed E-state index contributed by atoms with van der Waals surface area (Å²) in [6.07, 6.45) is 1.35. The predicted molar refractivity (Wildman–Crippen MR) is 74.7 cm³/mol. The highest BCUT2D eigenvalue weighted by molar-refractivity contribution is 5.90. The summed E-state index contributed by atoms with van der Waals surface area (Å²) in [5.74, 6) is -1.30. The lowest BCUT2D eigenvalue weighted by atomic mass is 9.99. The first-order valence-corrected chi connectivity index (χ1v) is 6.70. The molecule has 0 radical (unpaired) electrons. The van der Waals surface area contributed by atoms with Gasteiger partial charge in [-0.1, -0.05) is 0 Å². The molecule has 1 aliphatic heterocycles. The number of nitrogens with zero attached hydrogens (tertiary/aromatic N) is 2. The van der Waals surface area contributed by atoms with Gasteiger partial charge in [-0.2, -0.15) is 0 Å². The summed E-state index contributed by atoms with van der Waals surface area (Å²) in [6.45, 7) is 4.58. The molecule has 0 saturated carbocycles. The number of carbonyl (C=O) groups is 2. The number of nitrogens with one attached hydrogen (secondary N) is 1. The Balaban J connectivity index is 2.02. The van der Waals surface area contributed by atoms with E-state index in [4.69, 9.17) is 5.11 Å². The van der Waals surface area contributed by atoms with Crippen molar-refractivity contribution < 1.29 is 14.7 Å². The monoisotopic (exact) mass is 277 g/mol. The van der Waals surface area contributed by atoms with Crippen LogP contribution in [0.25, 0.3) is 0 Å². The zero-order valence-corrected chi connectivity index (χ0v) is 11.7. The highest BCUT2D eigenvalue weighted by Gasteiger charge is 2.28. The molecule has 6 heteroatoms. The number of carboxylic acids is 1. The van der Waals surface area contributed by atoms with Gasteiger partial charge in [0.25, 0.3) is 0 Å². The minimum Gasteiger partial charge on any atom is -0.481 e. The zero-order valence-electron chi connectivity index (χ0n) is 11.7. The topological polar surface area (TPSA) is 82.5 Å². The summed E-state index contributed by atoms with van der Waals surface area (Å²) in [7, 11) is 0. The van der Waals surface area contributed by atoms with Gasteiger partial charge in [0.15, 0.2) is 0 Å². The quantitative estimate of drug-likeness (QED) is 0.866. The molecule has 20 heavy (non-hydrogen) atoms. The van der Waals surface area contributed by atoms with Crippen molar-refractivity contribution >= 4 is 17.7 Å². The highest BCUT2D eigenvalue weighted by atomic mass is 16.4. The lowest BCUT2D eigenvalue weighted by Crippen LogP contribution is -2.44. The van der Waals surface area contributed by atoms with E-state index in [2.05, 4.69) is 10.3 Å². The Hall–Kier alpha value is -2.11. The molecule has 6 nitrogen and oxygen atoms in total. The fourth-order valence-electron chi connectivity index (χ4n) is 2.38. The maximum Gasteiger partial charge on any atom is 0.321 e. The molecular formula is C14H19N3O3. The number of anilines is 1. The molecule has 0 bridgehead atoms. The second kappa shape index (κ2) is 5.90. The van der Waals surface area contributed by atoms with E-state index in [-0.39, 0.29) is 12.6 Å². The summed E-state index contributed by atoms with van der Waals surface area (Å²) < 4.78 is 0. The van der Waals surface area contributed by atoms with Gasteiger partial charge in [-0.05, 0) is 38.8 Å². The maximum absolute atomic E-state index is 12.2. The minimum atomic E-state index is -0.837. The van der Waals surface area contributed by atoms with Crippen molar-refractivity contribution in [3.63, 3.8) is 0 Å². The zero-order chi connectivity index (χ0) is 14.7. The van der Waals surface area contributed by atoms with E-state index in [9.17, 15) is 9.59 Å². The SMILES string of the molecule is Cc1ccc(NC(=O)N2CCC[C@@H](C(=O)O)C2)c(C)n1. The normalized spacial score (nSPS) is 18.7. The summed E-state index contributed by atoms with van der Waals surface area (Å²) in [4.78, 5) is 29.0. The molecule has 0 spiro atoms. The van der Waals surface area contributed by atoms with Gasteiger partial charge in [0, 0.05) is 18.8 Å². The molecule has 1 saturated heterocycles. The second-order valence-electron chi connectivity index (χ2n) is 5.14. The third kappa shape index (κ3) is 3.26. The van der Waals surface area contributed by atoms with Gasteiger partial charge in [-0.25, -0.2) is 4.79 Å². The number of piperidine rings is 1. The van der Waals surface area contributed by atoms with E-state index in [1.54, 1.807) is 4.90 Å². The number of rotatable bonds is 2. The van der Waals surface area contributed by atoms with Gasteiger partial charge in [0.05, 0.1) is 17.3 Å². The molecule has 2 amide bonds. The van der Waals surface area contributed by atoms with Crippen molar-refractivity contribution in [2.75, 3.05) is 18.4 Å². The van der Waals surface area contributed by atoms with Crippen LogP contribution < -0.4 is 5.32 Å². The van der Waals surface area contributed by atoms with Crippen LogP contribution in [0.3, 0.4) is 0 Å². The summed E-state index contributed by atoms with van der Waals surface area (Å²) >= 11 is 0. The third-order valence-corrected chi connectivity index (χ3v) is 3.52. The van der Waals surface area contributed by atoms with Crippen LogP contribution in [0, 0.1) is 19.8 Å². The van der Waals surface area contributed by atoms with Gasteiger partial charge in [-0.15, -0.1) is 0 Å². The standard InChI is InChI=1S/C14H19N3O3/c1-9-5-6-12(10(2)15-9)16-14(20)17-7-3-4-11(8-17)13(18)19/h5-6,11H,3-4,7-8H2,1-2H3,(H,16,20)(H,18,19)/t11-/m1/s1. The lowest BCUT2D eigenvalue weighted by Gasteiger charge is -2.30. The average Bonchev–Trinajstić information content (AvgIpc) is 2.42. The fourth-order valence-corrected chi connectivity index (χ4v) is 2.38. The van der Waals surface area contributed by atoms with Crippen molar-refractivity contribution in [2.24, 2.45) is 5.92 Å². The Kier molecular flexibility index (Phi) is 4.22. The van der Waals surface area contributed by atoms with Crippen molar-refractivity contribution in [2.45, 2.75) is 26.7 Å². The van der Waals surface area contributed by atoms with E-state index in [1.807, 2.05) is 26.0 Å². The number of amides is 2. The fraction of sp³-hybridized carbons (Fsp3) is 0.500. The highest BCUT2D eigenvalue weighted by Crippen LogP contribution is 2.19. The number of hydrogen-bond donors (Lipinski definition) is 2. The number of carbonyl (C=O) groups excluding carboxylic acids is 1. The van der Waals surface area contributed by atoms with Gasteiger partial charge < -0.3 is 15.3 Å². The molecule has 1 aromatic rings. The number of aromatic nitrogens is 1. The largest absolute Gasteiger partial charge is 0.481 e. The third-order valence-electron chi connectivity index (χ3n) is 3.52. The van der Waals surface area contributed by atoms with Crippen LogP contribution in [-0.4, -0.2) is 40.1 Å². The Morgan fingerprint density at radius 1 is 1.40 bits per heavy atom. The number of likely N-dealkylation sites (tertiary alicyclic amines) is 1. The van der Waals surface area contributed by atoms with Gasteiger partial charge >= 0.3 is 12.0 Å². The molecule has 1 aliphatic rings. The molecule has 108 valence electrons. The van der Waals surface area contributed by atoms with Gasteiger partial charge in [0.2, 0.25) is 0 Å². The molecule has 2 N–H and O–H groups in total. The predicted octanol–water partition coefficient (Wildman–Crippen LogP) is 2.03. The molecule has 1 fully saturated rings. The van der Waals surface area contributed by atoms with Crippen LogP contribution in [0.15, 0.2) is 12.1 Å². The summed E-state index contributed by atoms with van der Waals surface area (Å²) in [5, 5.41) is 11.8. The first-order chi connectivity index (χ1) is 9.47. The molecule has 0 unspecified atom stereocenters. The number of urea groups is 1. The van der Waals surface area contributed by atoms with Crippen molar-refractivity contribution in [3.05, 3.63) is 23.5 Å². The number of carboxylic acid groups (broad SMARTS) is 1. The lowest BCUT2D eigenvalue weighted by molar-refractivity contribution is -0.143. The molecule has 1 atom stereocenters. The Morgan fingerprint density at radius 3 is 2.80 bits per heavy atom. The summed E-state index contributed by atoms with van der Waals surface area (Å²) in [6, 6.07) is 3.39. The van der Waals surface area contributed by atoms with Crippen LogP contribution >= 0.6 is 0 Å². The van der Waals surface area contributed by atoms with E-state index < -0.39 is 11.9 Å². The van der Waals surface area contributed by atoms with E-state index >= 15 is 0 Å². The van der Waals surface area contributed by atoms with Crippen LogP contribution in [0.5, 0.6) is 0 Å². The van der Waals surface area contributed by atoms with Crippen LogP contribution in [0.1, 0.15) is 24.2 Å². The Bertz CT molecular complexity index is 530. The molecule has 0 aromatic carbocycles. The van der Waals surface area contributed by atoms with Gasteiger partial charge in [-0.3, -0.25) is 9.78 Å². The van der Waals surface area contributed by atoms with E-state index in [0.717, 1.165) is 17.8 Å². The van der Waals surface area contributed by atoms with E-state index in [1.165, 1.54) is 0 Å². The first-order valence-electron chi connectivity index (χ1n) is 6.70. The maximum atomic E-state index is 12.2. The van der Waals surface area contributed by atoms with Crippen LogP contribution in [0.4, 0.5) is 10.5 Å². The molecule has 2 heterocycles. The number of aliphatic carboxylic acids is 1. The minimum absolute atomic E-state index is 0.260. The first kappa shape index (κ1) is 14.3. The summed E-state index contributed by atoms with van der Waals surface area (Å²) in [5.41, 5.74) is 2.31. The van der Waals surface area contributed by atoms with Crippen molar-refractivity contribution in [1.29, 1.82) is 0 Å². The molecule has 1 aromatic heterocycles. The van der Waals surface area contributed by atoms with Crippen molar-refractivity contribution in [3.8, 4) is 0 Å². The van der Waals surface area contributed by atoms with Crippen molar-refractivity contribution in [1.82, 2.24) is 9.88 Å². The average molecular weight is 277 g/mol.